The number of nitrogens with one attached hydrogen (secondary N) is 2. The summed E-state index contributed by atoms with van der Waals surface area (Å²) in [5.74, 6) is 0.139. The zero-order valence-corrected chi connectivity index (χ0v) is 14.3. The molecule has 2 aromatic heterocycles. The fraction of sp³-hybridized carbons (Fsp3) is 0.471. The first-order chi connectivity index (χ1) is 11.8. The normalized spacial score (nSPS) is 21.0. The number of rotatable bonds is 4. The van der Waals surface area contributed by atoms with Crippen molar-refractivity contribution in [2.24, 2.45) is 5.92 Å². The first kappa shape index (κ1) is 16.9. The molecule has 0 aliphatic heterocycles. The predicted molar refractivity (Wildman–Crippen MR) is 94.9 cm³/mol. The summed E-state index contributed by atoms with van der Waals surface area (Å²) in [6.07, 6.45) is 8.71. The smallest absolute Gasteiger partial charge is 0.321 e. The molecule has 24 heavy (non-hydrogen) atoms. The van der Waals surface area contributed by atoms with Gasteiger partial charge < -0.3 is 10.4 Å². The van der Waals surface area contributed by atoms with Crippen LogP contribution in [-0.4, -0.2) is 33.8 Å². The first-order valence-electron chi connectivity index (χ1n) is 8.30. The minimum absolute atomic E-state index is 0.0234. The van der Waals surface area contributed by atoms with Gasteiger partial charge in [-0.05, 0) is 25.0 Å². The van der Waals surface area contributed by atoms with Crippen molar-refractivity contribution in [3.63, 3.8) is 0 Å². The number of hydrogen-bond donors (Lipinski definition) is 3. The van der Waals surface area contributed by atoms with Gasteiger partial charge in [0.25, 0.3) is 0 Å². The van der Waals surface area contributed by atoms with Crippen molar-refractivity contribution in [3.05, 3.63) is 29.9 Å². The maximum absolute atomic E-state index is 12.3. The van der Waals surface area contributed by atoms with Gasteiger partial charge in [-0.2, -0.15) is 0 Å². The van der Waals surface area contributed by atoms with Crippen molar-refractivity contribution in [2.45, 2.75) is 38.1 Å². The number of urea groups is 1. The molecule has 0 bridgehead atoms. The Kier molecular flexibility index (Phi) is 5.77. The summed E-state index contributed by atoms with van der Waals surface area (Å²) in [6.45, 7) is 0.118. The summed E-state index contributed by atoms with van der Waals surface area (Å²) in [5, 5.41) is 17.8. The Morgan fingerprint density at radius 2 is 2.21 bits per heavy atom. The molecule has 0 spiro atoms. The van der Waals surface area contributed by atoms with E-state index in [0.29, 0.717) is 5.13 Å². The molecule has 3 rings (SSSR count). The van der Waals surface area contributed by atoms with E-state index in [1.54, 1.807) is 12.4 Å². The van der Waals surface area contributed by atoms with E-state index >= 15 is 0 Å². The van der Waals surface area contributed by atoms with E-state index in [0.717, 1.165) is 43.4 Å². The van der Waals surface area contributed by atoms with Crippen molar-refractivity contribution in [1.82, 2.24) is 15.3 Å². The summed E-state index contributed by atoms with van der Waals surface area (Å²) in [5.41, 5.74) is 1.72. The third kappa shape index (κ3) is 4.30. The van der Waals surface area contributed by atoms with Gasteiger partial charge in [-0.25, -0.2) is 9.78 Å². The van der Waals surface area contributed by atoms with E-state index in [1.807, 2.05) is 17.5 Å². The number of carbonyl (C=O) groups is 1. The average Bonchev–Trinajstić information content (AvgIpc) is 2.95. The lowest BCUT2D eigenvalue weighted by atomic mass is 9.96. The zero-order chi connectivity index (χ0) is 16.8. The lowest BCUT2D eigenvalue weighted by Gasteiger charge is -2.24. The molecular weight excluding hydrogens is 324 g/mol. The number of nitrogens with zero attached hydrogens (tertiary/aromatic N) is 2. The van der Waals surface area contributed by atoms with Gasteiger partial charge in [0, 0.05) is 41.9 Å². The highest BCUT2D eigenvalue weighted by Crippen LogP contribution is 2.25. The van der Waals surface area contributed by atoms with Crippen LogP contribution in [0.15, 0.2) is 29.9 Å². The number of aliphatic hydroxyl groups excluding tert-OH is 1. The molecule has 0 radical (unpaired) electrons. The Morgan fingerprint density at radius 3 is 3.00 bits per heavy atom. The molecular formula is C17H22N4O2S. The number of anilines is 1. The maximum atomic E-state index is 12.3. The monoisotopic (exact) mass is 346 g/mol. The minimum atomic E-state index is -0.257. The van der Waals surface area contributed by atoms with Crippen LogP contribution in [0.2, 0.25) is 0 Å². The number of carbonyl (C=O) groups excluding carboxylic acids is 1. The van der Waals surface area contributed by atoms with Crippen molar-refractivity contribution < 1.29 is 9.90 Å². The van der Waals surface area contributed by atoms with E-state index in [9.17, 15) is 9.90 Å². The van der Waals surface area contributed by atoms with Crippen molar-refractivity contribution >= 4 is 22.5 Å². The molecule has 1 saturated carbocycles. The van der Waals surface area contributed by atoms with Gasteiger partial charge >= 0.3 is 6.03 Å². The van der Waals surface area contributed by atoms with E-state index < -0.39 is 0 Å². The highest BCUT2D eigenvalue weighted by molar-refractivity contribution is 7.14. The summed E-state index contributed by atoms with van der Waals surface area (Å²) in [6, 6.07) is 3.56. The number of amides is 2. The van der Waals surface area contributed by atoms with Crippen molar-refractivity contribution in [2.75, 3.05) is 11.9 Å². The standard InChI is InChI=1S/C17H22N4O2S/c22-10-13-5-2-1-3-7-14(13)19-16(23)21-17-20-15(11-24-17)12-6-4-8-18-9-12/h4,6,8-9,11,13-14,22H,1-3,5,7,10H2,(H2,19,20,21,23). The molecule has 1 aliphatic carbocycles. The molecule has 1 aliphatic rings. The van der Waals surface area contributed by atoms with Crippen LogP contribution >= 0.6 is 11.3 Å². The van der Waals surface area contributed by atoms with Crippen molar-refractivity contribution in [1.29, 1.82) is 0 Å². The third-order valence-electron chi connectivity index (χ3n) is 4.39. The Hall–Kier alpha value is -1.99. The maximum Gasteiger partial charge on any atom is 0.321 e. The van der Waals surface area contributed by atoms with Gasteiger partial charge in [-0.3, -0.25) is 10.3 Å². The number of thiazole rings is 1. The molecule has 2 amide bonds. The molecule has 1 fully saturated rings. The molecule has 2 atom stereocenters. The Bertz CT molecular complexity index is 662. The Morgan fingerprint density at radius 1 is 1.33 bits per heavy atom. The van der Waals surface area contributed by atoms with E-state index in [-0.39, 0.29) is 24.6 Å². The number of pyridine rings is 1. The van der Waals surface area contributed by atoms with Gasteiger partial charge in [-0.15, -0.1) is 11.3 Å². The Labute approximate surface area is 145 Å². The summed E-state index contributed by atoms with van der Waals surface area (Å²) >= 11 is 1.39. The lowest BCUT2D eigenvalue weighted by Crippen LogP contribution is -2.43. The molecule has 2 aromatic rings. The minimum Gasteiger partial charge on any atom is -0.396 e. The first-order valence-corrected chi connectivity index (χ1v) is 9.18. The number of aliphatic hydroxyl groups is 1. The summed E-state index contributed by atoms with van der Waals surface area (Å²) in [4.78, 5) is 20.8. The molecule has 2 unspecified atom stereocenters. The second-order valence-electron chi connectivity index (χ2n) is 6.07. The van der Waals surface area contributed by atoms with Gasteiger partial charge in [0.15, 0.2) is 5.13 Å². The molecule has 6 nitrogen and oxygen atoms in total. The highest BCUT2D eigenvalue weighted by Gasteiger charge is 2.24. The van der Waals surface area contributed by atoms with Gasteiger partial charge in [0.05, 0.1) is 5.69 Å². The Balaban J connectivity index is 1.59. The van der Waals surface area contributed by atoms with Crippen molar-refractivity contribution in [3.8, 4) is 11.3 Å². The van der Waals surface area contributed by atoms with Gasteiger partial charge in [0.1, 0.15) is 0 Å². The van der Waals surface area contributed by atoms with Crippen LogP contribution in [0, 0.1) is 5.92 Å². The van der Waals surface area contributed by atoms with Crippen LogP contribution in [0.4, 0.5) is 9.93 Å². The molecule has 128 valence electrons. The van der Waals surface area contributed by atoms with E-state index in [4.69, 9.17) is 0 Å². The lowest BCUT2D eigenvalue weighted by molar-refractivity contribution is 0.182. The fourth-order valence-corrected chi connectivity index (χ4v) is 3.79. The summed E-state index contributed by atoms with van der Waals surface area (Å²) in [7, 11) is 0. The van der Waals surface area contributed by atoms with E-state index in [1.165, 1.54) is 11.3 Å². The highest BCUT2D eigenvalue weighted by atomic mass is 32.1. The molecule has 3 N–H and O–H groups in total. The molecule has 0 saturated heterocycles. The second-order valence-corrected chi connectivity index (χ2v) is 6.92. The number of hydrogen-bond acceptors (Lipinski definition) is 5. The topological polar surface area (TPSA) is 87.1 Å². The zero-order valence-electron chi connectivity index (χ0n) is 13.4. The largest absolute Gasteiger partial charge is 0.396 e. The van der Waals surface area contributed by atoms with Crippen LogP contribution in [0.1, 0.15) is 32.1 Å². The molecule has 7 heteroatoms. The van der Waals surface area contributed by atoms with Gasteiger partial charge in [0.2, 0.25) is 0 Å². The van der Waals surface area contributed by atoms with Crippen LogP contribution < -0.4 is 10.6 Å². The predicted octanol–water partition coefficient (Wildman–Crippen LogP) is 3.27. The average molecular weight is 346 g/mol. The second kappa shape index (κ2) is 8.21. The van der Waals surface area contributed by atoms with E-state index in [2.05, 4.69) is 20.6 Å². The SMILES string of the molecule is O=C(Nc1nc(-c2cccnc2)cs1)NC1CCCCCC1CO. The van der Waals surface area contributed by atoms with Crippen LogP contribution in [0.25, 0.3) is 11.3 Å². The van der Waals surface area contributed by atoms with Crippen LogP contribution in [0.3, 0.4) is 0 Å². The molecule has 2 heterocycles. The quantitative estimate of drug-likeness (QED) is 0.742. The van der Waals surface area contributed by atoms with Crippen LogP contribution in [-0.2, 0) is 0 Å². The van der Waals surface area contributed by atoms with Crippen LogP contribution in [0.5, 0.6) is 0 Å². The van der Waals surface area contributed by atoms with Gasteiger partial charge in [-0.1, -0.05) is 19.3 Å². The third-order valence-corrected chi connectivity index (χ3v) is 5.15. The summed E-state index contributed by atoms with van der Waals surface area (Å²) < 4.78 is 0. The molecule has 0 aromatic carbocycles. The number of aromatic nitrogens is 2. The fourth-order valence-electron chi connectivity index (χ4n) is 3.07.